The molecule has 5 heteroatoms. The molecule has 2 heterocycles. The maximum Gasteiger partial charge on any atom is 0.221 e. The Kier molecular flexibility index (Phi) is 4.01. The number of hydrogen-bond donors (Lipinski definition) is 2. The van der Waals surface area contributed by atoms with E-state index in [1.807, 2.05) is 12.1 Å². The zero-order valence-electron chi connectivity index (χ0n) is 14.6. The fourth-order valence-corrected chi connectivity index (χ4v) is 3.74. The number of quaternary nitrogens is 1. The van der Waals surface area contributed by atoms with Gasteiger partial charge >= 0.3 is 0 Å². The van der Waals surface area contributed by atoms with Crippen molar-refractivity contribution in [3.8, 4) is 0 Å². The van der Waals surface area contributed by atoms with E-state index in [2.05, 4.69) is 53.2 Å². The SMILES string of the molecule is CC(=O)Nc1ccc2c(c1)nc1n2CC[NH+]([C@H](C)c2ccccc2)C1. The third kappa shape index (κ3) is 3.03. The summed E-state index contributed by atoms with van der Waals surface area (Å²) >= 11 is 0. The van der Waals surface area contributed by atoms with Gasteiger partial charge in [-0.2, -0.15) is 0 Å². The Hall–Kier alpha value is -2.66. The topological polar surface area (TPSA) is 51.4 Å². The second-order valence-electron chi connectivity index (χ2n) is 6.78. The van der Waals surface area contributed by atoms with Crippen LogP contribution in [0.3, 0.4) is 0 Å². The lowest BCUT2D eigenvalue weighted by Gasteiger charge is -2.30. The van der Waals surface area contributed by atoms with Gasteiger partial charge in [0.25, 0.3) is 0 Å². The maximum absolute atomic E-state index is 11.3. The number of carbonyl (C=O) groups is 1. The highest BCUT2D eigenvalue weighted by atomic mass is 16.1. The van der Waals surface area contributed by atoms with Crippen molar-refractivity contribution in [1.29, 1.82) is 0 Å². The summed E-state index contributed by atoms with van der Waals surface area (Å²) < 4.78 is 2.31. The minimum Gasteiger partial charge on any atom is -0.326 e. The molecule has 1 aliphatic heterocycles. The second kappa shape index (κ2) is 6.33. The largest absolute Gasteiger partial charge is 0.326 e. The van der Waals surface area contributed by atoms with E-state index in [-0.39, 0.29) is 5.91 Å². The van der Waals surface area contributed by atoms with Crippen molar-refractivity contribution >= 4 is 22.6 Å². The fraction of sp³-hybridized carbons (Fsp3) is 0.300. The summed E-state index contributed by atoms with van der Waals surface area (Å²) in [6.45, 7) is 6.78. The predicted octanol–water partition coefficient (Wildman–Crippen LogP) is 2.15. The van der Waals surface area contributed by atoms with Crippen LogP contribution in [0, 0.1) is 0 Å². The van der Waals surface area contributed by atoms with Gasteiger partial charge in [0.2, 0.25) is 5.91 Å². The molecule has 2 N–H and O–H groups in total. The number of rotatable bonds is 3. The monoisotopic (exact) mass is 335 g/mol. The zero-order valence-corrected chi connectivity index (χ0v) is 14.6. The summed E-state index contributed by atoms with van der Waals surface area (Å²) in [5.41, 5.74) is 4.28. The molecule has 5 nitrogen and oxygen atoms in total. The Morgan fingerprint density at radius 3 is 2.80 bits per heavy atom. The number of amides is 1. The molecule has 0 bridgehead atoms. The minimum absolute atomic E-state index is 0.0596. The molecule has 25 heavy (non-hydrogen) atoms. The molecule has 0 saturated heterocycles. The van der Waals surface area contributed by atoms with E-state index < -0.39 is 0 Å². The molecular formula is C20H23N4O+. The average molecular weight is 335 g/mol. The molecular weight excluding hydrogens is 312 g/mol. The lowest BCUT2D eigenvalue weighted by molar-refractivity contribution is -0.947. The number of anilines is 1. The van der Waals surface area contributed by atoms with Crippen molar-refractivity contribution in [1.82, 2.24) is 9.55 Å². The van der Waals surface area contributed by atoms with E-state index in [0.717, 1.165) is 42.2 Å². The number of hydrogen-bond acceptors (Lipinski definition) is 2. The first-order valence-corrected chi connectivity index (χ1v) is 8.78. The van der Waals surface area contributed by atoms with Gasteiger partial charge in [-0.25, -0.2) is 4.98 Å². The van der Waals surface area contributed by atoms with Crippen LogP contribution in [0.15, 0.2) is 48.5 Å². The van der Waals surface area contributed by atoms with Gasteiger partial charge in [-0.3, -0.25) is 4.79 Å². The molecule has 1 unspecified atom stereocenters. The highest BCUT2D eigenvalue weighted by Crippen LogP contribution is 2.22. The van der Waals surface area contributed by atoms with E-state index in [0.29, 0.717) is 6.04 Å². The molecule has 2 aromatic carbocycles. The lowest BCUT2D eigenvalue weighted by atomic mass is 10.1. The van der Waals surface area contributed by atoms with Crippen LogP contribution in [-0.2, 0) is 17.9 Å². The van der Waals surface area contributed by atoms with Crippen molar-refractivity contribution in [2.45, 2.75) is 33.0 Å². The number of benzene rings is 2. The van der Waals surface area contributed by atoms with Crippen molar-refractivity contribution in [3.05, 3.63) is 59.9 Å². The van der Waals surface area contributed by atoms with Crippen LogP contribution in [0.4, 0.5) is 5.69 Å². The van der Waals surface area contributed by atoms with Crippen molar-refractivity contribution in [3.63, 3.8) is 0 Å². The van der Waals surface area contributed by atoms with E-state index in [9.17, 15) is 4.79 Å². The number of carbonyl (C=O) groups excluding carboxylic acids is 1. The molecule has 1 amide bonds. The predicted molar refractivity (Wildman–Crippen MR) is 98.4 cm³/mol. The second-order valence-corrected chi connectivity index (χ2v) is 6.78. The van der Waals surface area contributed by atoms with Crippen LogP contribution >= 0.6 is 0 Å². The molecule has 1 aliphatic rings. The third-order valence-electron chi connectivity index (χ3n) is 5.10. The van der Waals surface area contributed by atoms with Gasteiger partial charge in [-0.15, -0.1) is 0 Å². The van der Waals surface area contributed by atoms with Crippen LogP contribution in [0.1, 0.15) is 31.3 Å². The summed E-state index contributed by atoms with van der Waals surface area (Å²) in [5, 5.41) is 2.83. The third-order valence-corrected chi connectivity index (χ3v) is 5.10. The minimum atomic E-state index is -0.0596. The standard InChI is InChI=1S/C20H22N4O/c1-14(16-6-4-3-5-7-16)23-10-11-24-19-9-8-17(21-15(2)25)12-18(19)22-20(24)13-23/h3-9,12,14H,10-11,13H2,1-2H3,(H,21,25)/p+1/t14-/m1/s1. The molecule has 0 spiro atoms. The molecule has 0 radical (unpaired) electrons. The van der Waals surface area contributed by atoms with Gasteiger partial charge in [-0.05, 0) is 25.1 Å². The summed E-state index contributed by atoms with van der Waals surface area (Å²) in [7, 11) is 0. The van der Waals surface area contributed by atoms with Crippen molar-refractivity contribution < 1.29 is 9.69 Å². The number of imidazole rings is 1. The highest BCUT2D eigenvalue weighted by Gasteiger charge is 2.27. The van der Waals surface area contributed by atoms with E-state index in [4.69, 9.17) is 4.98 Å². The van der Waals surface area contributed by atoms with Crippen molar-refractivity contribution in [2.24, 2.45) is 0 Å². The van der Waals surface area contributed by atoms with Crippen LogP contribution in [-0.4, -0.2) is 22.0 Å². The van der Waals surface area contributed by atoms with Gasteiger partial charge in [0.15, 0.2) is 5.82 Å². The van der Waals surface area contributed by atoms with E-state index >= 15 is 0 Å². The first-order valence-electron chi connectivity index (χ1n) is 8.78. The summed E-state index contributed by atoms with van der Waals surface area (Å²) in [5.74, 6) is 1.06. The summed E-state index contributed by atoms with van der Waals surface area (Å²) in [6, 6.07) is 17.1. The first kappa shape index (κ1) is 15.8. The summed E-state index contributed by atoms with van der Waals surface area (Å²) in [4.78, 5) is 17.6. The van der Waals surface area contributed by atoms with Gasteiger partial charge < -0.3 is 14.8 Å². The normalized spacial score (nSPS) is 17.9. The Balaban J connectivity index is 1.61. The molecule has 3 aromatic rings. The number of nitrogens with zero attached hydrogens (tertiary/aromatic N) is 2. The number of fused-ring (bicyclic) bond motifs is 3. The van der Waals surface area contributed by atoms with Crippen LogP contribution < -0.4 is 10.2 Å². The van der Waals surface area contributed by atoms with Crippen LogP contribution in [0.2, 0.25) is 0 Å². The molecule has 0 fully saturated rings. The lowest BCUT2D eigenvalue weighted by Crippen LogP contribution is -3.12. The molecule has 0 saturated carbocycles. The number of aromatic nitrogens is 2. The zero-order chi connectivity index (χ0) is 17.4. The smallest absolute Gasteiger partial charge is 0.221 e. The Bertz CT molecular complexity index is 916. The molecule has 0 aliphatic carbocycles. The van der Waals surface area contributed by atoms with E-state index in [1.165, 1.54) is 17.4 Å². The summed E-state index contributed by atoms with van der Waals surface area (Å²) in [6.07, 6.45) is 0. The molecule has 1 aromatic heterocycles. The highest BCUT2D eigenvalue weighted by molar-refractivity contribution is 5.91. The Morgan fingerprint density at radius 1 is 1.24 bits per heavy atom. The molecule has 128 valence electrons. The van der Waals surface area contributed by atoms with Gasteiger partial charge in [0.05, 0.1) is 24.1 Å². The maximum atomic E-state index is 11.3. The average Bonchev–Trinajstić information content (AvgIpc) is 2.98. The number of nitrogens with one attached hydrogen (secondary N) is 2. The van der Waals surface area contributed by atoms with Crippen LogP contribution in [0.5, 0.6) is 0 Å². The Morgan fingerprint density at radius 2 is 2.04 bits per heavy atom. The fourth-order valence-electron chi connectivity index (χ4n) is 3.74. The van der Waals surface area contributed by atoms with E-state index in [1.54, 1.807) is 0 Å². The Labute approximate surface area is 147 Å². The van der Waals surface area contributed by atoms with Crippen molar-refractivity contribution in [2.75, 3.05) is 11.9 Å². The molecule has 2 atom stereocenters. The van der Waals surface area contributed by atoms with Gasteiger partial charge in [0.1, 0.15) is 12.6 Å². The quantitative estimate of drug-likeness (QED) is 0.771. The molecule has 4 rings (SSSR count). The van der Waals surface area contributed by atoms with Gasteiger partial charge in [-0.1, -0.05) is 30.3 Å². The van der Waals surface area contributed by atoms with Gasteiger partial charge in [0, 0.05) is 18.2 Å². The first-order chi connectivity index (χ1) is 12.1. The van der Waals surface area contributed by atoms with Crippen LogP contribution in [0.25, 0.3) is 11.0 Å².